The molecule has 1 aromatic rings. The Morgan fingerprint density at radius 3 is 2.92 bits per heavy atom. The molecule has 68 valence electrons. The van der Waals surface area contributed by atoms with Gasteiger partial charge >= 0.3 is 0 Å². The van der Waals surface area contributed by atoms with Gasteiger partial charge in [-0.1, -0.05) is 23.7 Å². The Bertz CT molecular complexity index is 344. The minimum atomic E-state index is 0.591. The predicted octanol–water partition coefficient (Wildman–Crippen LogP) is 2.89. The Morgan fingerprint density at radius 1 is 1.31 bits per heavy atom. The van der Waals surface area contributed by atoms with Crippen molar-refractivity contribution in [3.63, 3.8) is 0 Å². The Hall–Kier alpha value is -0.530. The first-order valence-corrected chi connectivity index (χ1v) is 5.25. The number of rotatable bonds is 1. The quantitative estimate of drug-likeness (QED) is 0.723. The molecule has 2 heteroatoms. The van der Waals surface area contributed by atoms with Crippen LogP contribution < -0.4 is 5.32 Å². The smallest absolute Gasteiger partial charge is 0.0454 e. The van der Waals surface area contributed by atoms with Crippen molar-refractivity contribution in [2.75, 3.05) is 0 Å². The van der Waals surface area contributed by atoms with E-state index < -0.39 is 0 Å². The summed E-state index contributed by atoms with van der Waals surface area (Å²) in [6, 6.07) is 6.85. The predicted molar refractivity (Wildman–Crippen MR) is 53.8 cm³/mol. The van der Waals surface area contributed by atoms with Gasteiger partial charge < -0.3 is 5.32 Å². The monoisotopic (exact) mass is 193 g/mol. The summed E-state index contributed by atoms with van der Waals surface area (Å²) >= 11 is 6.12. The van der Waals surface area contributed by atoms with Gasteiger partial charge in [-0.2, -0.15) is 0 Å². The standard InChI is InChI=1S/C11H12ClN/c12-10-3-1-2-8-9(10)6-13-11(8)7-4-5-7/h1-3,7,11,13H,4-6H2. The van der Waals surface area contributed by atoms with E-state index >= 15 is 0 Å². The molecule has 1 N–H and O–H groups in total. The van der Waals surface area contributed by atoms with Gasteiger partial charge in [-0.05, 0) is 36.0 Å². The maximum Gasteiger partial charge on any atom is 0.0454 e. The van der Waals surface area contributed by atoms with Crippen LogP contribution in [0.4, 0.5) is 0 Å². The fourth-order valence-corrected chi connectivity index (χ4v) is 2.47. The fourth-order valence-electron chi connectivity index (χ4n) is 2.23. The maximum atomic E-state index is 6.12. The third-order valence-electron chi connectivity index (χ3n) is 3.08. The second kappa shape index (κ2) is 2.73. The highest BCUT2D eigenvalue weighted by molar-refractivity contribution is 6.31. The van der Waals surface area contributed by atoms with Crippen LogP contribution in [0.3, 0.4) is 0 Å². The van der Waals surface area contributed by atoms with E-state index in [-0.39, 0.29) is 0 Å². The molecule has 1 heterocycles. The van der Waals surface area contributed by atoms with E-state index in [1.54, 1.807) is 0 Å². The van der Waals surface area contributed by atoms with E-state index in [0.29, 0.717) is 6.04 Å². The highest BCUT2D eigenvalue weighted by atomic mass is 35.5. The molecule has 0 amide bonds. The normalized spacial score (nSPS) is 26.1. The lowest BCUT2D eigenvalue weighted by molar-refractivity contribution is 0.523. The molecule has 1 nitrogen and oxygen atoms in total. The van der Waals surface area contributed by atoms with Gasteiger partial charge in [0.1, 0.15) is 0 Å². The minimum Gasteiger partial charge on any atom is -0.306 e. The summed E-state index contributed by atoms with van der Waals surface area (Å²) in [5.41, 5.74) is 2.76. The van der Waals surface area contributed by atoms with Gasteiger partial charge in [0.15, 0.2) is 0 Å². The zero-order valence-electron chi connectivity index (χ0n) is 7.39. The number of fused-ring (bicyclic) bond motifs is 1. The molecule has 2 aliphatic rings. The molecule has 0 spiro atoms. The Kier molecular flexibility index (Phi) is 1.64. The molecule has 1 unspecified atom stereocenters. The van der Waals surface area contributed by atoms with Gasteiger partial charge in [0.2, 0.25) is 0 Å². The minimum absolute atomic E-state index is 0.591. The SMILES string of the molecule is Clc1cccc2c1CNC2C1CC1. The molecule has 1 aliphatic heterocycles. The molecule has 1 fully saturated rings. The van der Waals surface area contributed by atoms with E-state index in [0.717, 1.165) is 17.5 Å². The molecule has 1 aliphatic carbocycles. The van der Waals surface area contributed by atoms with Crippen LogP contribution in [0.2, 0.25) is 5.02 Å². The lowest BCUT2D eigenvalue weighted by Gasteiger charge is -2.09. The van der Waals surface area contributed by atoms with E-state index in [9.17, 15) is 0 Å². The topological polar surface area (TPSA) is 12.0 Å². The van der Waals surface area contributed by atoms with Crippen LogP contribution in [-0.2, 0) is 6.54 Å². The first-order valence-electron chi connectivity index (χ1n) is 4.87. The van der Waals surface area contributed by atoms with Gasteiger partial charge in [0, 0.05) is 17.6 Å². The molecule has 0 aromatic heterocycles. The van der Waals surface area contributed by atoms with Crippen molar-refractivity contribution in [1.82, 2.24) is 5.32 Å². The highest BCUT2D eigenvalue weighted by Crippen LogP contribution is 2.45. The largest absolute Gasteiger partial charge is 0.306 e. The average molecular weight is 194 g/mol. The number of hydrogen-bond acceptors (Lipinski definition) is 1. The molecule has 0 bridgehead atoms. The summed E-state index contributed by atoms with van der Waals surface area (Å²) in [6.45, 7) is 0.955. The summed E-state index contributed by atoms with van der Waals surface area (Å²) in [6.07, 6.45) is 2.76. The van der Waals surface area contributed by atoms with E-state index in [1.807, 2.05) is 6.07 Å². The Balaban J connectivity index is 2.05. The summed E-state index contributed by atoms with van der Waals surface area (Å²) in [5.74, 6) is 0.875. The van der Waals surface area contributed by atoms with Crippen molar-refractivity contribution in [2.45, 2.75) is 25.4 Å². The fraction of sp³-hybridized carbons (Fsp3) is 0.455. The van der Waals surface area contributed by atoms with Crippen LogP contribution in [0.5, 0.6) is 0 Å². The third kappa shape index (κ3) is 1.18. The van der Waals surface area contributed by atoms with E-state index in [1.165, 1.54) is 24.0 Å². The average Bonchev–Trinajstić information content (AvgIpc) is 2.87. The van der Waals surface area contributed by atoms with Crippen molar-refractivity contribution < 1.29 is 0 Å². The molecule has 0 saturated heterocycles. The van der Waals surface area contributed by atoms with Crippen LogP contribution in [0.25, 0.3) is 0 Å². The maximum absolute atomic E-state index is 6.12. The van der Waals surface area contributed by atoms with Crippen molar-refractivity contribution in [3.8, 4) is 0 Å². The first-order chi connectivity index (χ1) is 6.36. The lowest BCUT2D eigenvalue weighted by atomic mass is 10.0. The van der Waals surface area contributed by atoms with Crippen LogP contribution in [0.15, 0.2) is 18.2 Å². The van der Waals surface area contributed by atoms with Gasteiger partial charge in [0.25, 0.3) is 0 Å². The number of benzene rings is 1. The summed E-state index contributed by atoms with van der Waals surface area (Å²) < 4.78 is 0. The van der Waals surface area contributed by atoms with Gasteiger partial charge in [-0.3, -0.25) is 0 Å². The van der Waals surface area contributed by atoms with E-state index in [2.05, 4.69) is 17.4 Å². The van der Waals surface area contributed by atoms with E-state index in [4.69, 9.17) is 11.6 Å². The first kappa shape index (κ1) is 7.84. The molecule has 0 radical (unpaired) electrons. The van der Waals surface area contributed by atoms with Crippen LogP contribution in [0, 0.1) is 5.92 Å². The summed E-state index contributed by atoms with van der Waals surface area (Å²) in [4.78, 5) is 0. The zero-order chi connectivity index (χ0) is 8.84. The molecule has 13 heavy (non-hydrogen) atoms. The number of hydrogen-bond donors (Lipinski definition) is 1. The Morgan fingerprint density at radius 2 is 2.15 bits per heavy atom. The number of halogens is 1. The van der Waals surface area contributed by atoms with Crippen molar-refractivity contribution in [3.05, 3.63) is 34.3 Å². The molecule has 1 saturated carbocycles. The molecular formula is C11H12ClN. The second-order valence-electron chi connectivity index (χ2n) is 4.00. The van der Waals surface area contributed by atoms with Gasteiger partial charge in [-0.25, -0.2) is 0 Å². The molecule has 3 rings (SSSR count). The second-order valence-corrected chi connectivity index (χ2v) is 4.41. The molecule has 1 aromatic carbocycles. The van der Waals surface area contributed by atoms with Crippen LogP contribution >= 0.6 is 11.6 Å². The van der Waals surface area contributed by atoms with Crippen LogP contribution in [0.1, 0.15) is 30.0 Å². The van der Waals surface area contributed by atoms with Crippen molar-refractivity contribution in [2.24, 2.45) is 5.92 Å². The molecular weight excluding hydrogens is 182 g/mol. The van der Waals surface area contributed by atoms with Crippen LogP contribution in [-0.4, -0.2) is 0 Å². The van der Waals surface area contributed by atoms with Gasteiger partial charge in [-0.15, -0.1) is 0 Å². The van der Waals surface area contributed by atoms with Crippen molar-refractivity contribution in [1.29, 1.82) is 0 Å². The lowest BCUT2D eigenvalue weighted by Crippen LogP contribution is -2.13. The number of nitrogens with one attached hydrogen (secondary N) is 1. The highest BCUT2D eigenvalue weighted by Gasteiger charge is 2.36. The Labute approximate surface area is 83.1 Å². The van der Waals surface area contributed by atoms with Crippen molar-refractivity contribution >= 4 is 11.6 Å². The third-order valence-corrected chi connectivity index (χ3v) is 3.44. The van der Waals surface area contributed by atoms with Gasteiger partial charge in [0.05, 0.1) is 0 Å². The summed E-state index contributed by atoms with van der Waals surface area (Å²) in [7, 11) is 0. The molecule has 1 atom stereocenters. The zero-order valence-corrected chi connectivity index (χ0v) is 8.14. The summed E-state index contributed by atoms with van der Waals surface area (Å²) in [5, 5.41) is 4.46.